The van der Waals surface area contributed by atoms with Gasteiger partial charge in [-0.3, -0.25) is 13.9 Å². The Bertz CT molecular complexity index is 1330. The first-order valence-corrected chi connectivity index (χ1v) is 13.3. The molecule has 0 saturated heterocycles. The zero-order chi connectivity index (χ0) is 26.5. The van der Waals surface area contributed by atoms with Crippen molar-refractivity contribution >= 4 is 50.7 Å². The van der Waals surface area contributed by atoms with Crippen LogP contribution in [-0.2, 0) is 26.2 Å². The van der Waals surface area contributed by atoms with Gasteiger partial charge in [0, 0.05) is 18.6 Å². The second kappa shape index (κ2) is 11.8. The molecule has 10 heteroatoms. The lowest BCUT2D eigenvalue weighted by Gasteiger charge is -2.32. The number of hydrogen-bond acceptors (Lipinski definition) is 4. The van der Waals surface area contributed by atoms with Crippen molar-refractivity contribution in [2.75, 3.05) is 17.9 Å². The van der Waals surface area contributed by atoms with Crippen molar-refractivity contribution in [1.29, 1.82) is 0 Å². The second-order valence-corrected chi connectivity index (χ2v) is 10.9. The first kappa shape index (κ1) is 27.5. The number of rotatable bonds is 9. The van der Waals surface area contributed by atoms with Gasteiger partial charge in [-0.25, -0.2) is 8.42 Å². The molecular formula is C26H27Cl2N3O4S. The first-order valence-electron chi connectivity index (χ1n) is 11.1. The van der Waals surface area contributed by atoms with Gasteiger partial charge in [0.1, 0.15) is 12.6 Å². The average molecular weight is 548 g/mol. The Morgan fingerprint density at radius 1 is 0.972 bits per heavy atom. The fraction of sp³-hybridized carbons (Fsp3) is 0.231. The number of sulfonamides is 1. The van der Waals surface area contributed by atoms with E-state index in [0.29, 0.717) is 0 Å². The standard InChI is InChI=1S/C26H27Cl2N3O4S/c1-18-9-11-20(12-10-18)16-30(19(2)26(33)29-3)25(32)17-31(24-15-21(27)13-14-23(24)28)36(34,35)22-7-5-4-6-8-22/h4-15,19H,16-17H2,1-3H3,(H,29,33)/t19-/m0/s1. The number of amides is 2. The average Bonchev–Trinajstić information content (AvgIpc) is 2.87. The van der Waals surface area contributed by atoms with Crippen LogP contribution in [0.15, 0.2) is 77.7 Å². The molecule has 3 aromatic carbocycles. The summed E-state index contributed by atoms with van der Waals surface area (Å²) in [6, 6.07) is 18.8. The number of hydrogen-bond donors (Lipinski definition) is 1. The van der Waals surface area contributed by atoms with Crippen molar-refractivity contribution in [3.8, 4) is 0 Å². The molecule has 0 aromatic heterocycles. The maximum Gasteiger partial charge on any atom is 0.264 e. The summed E-state index contributed by atoms with van der Waals surface area (Å²) in [5.74, 6) is -0.962. The summed E-state index contributed by atoms with van der Waals surface area (Å²) in [7, 11) is -2.73. The topological polar surface area (TPSA) is 86.8 Å². The molecule has 1 atom stereocenters. The monoisotopic (exact) mass is 547 g/mol. The van der Waals surface area contributed by atoms with E-state index >= 15 is 0 Å². The molecule has 0 aliphatic rings. The van der Waals surface area contributed by atoms with Crippen molar-refractivity contribution in [3.63, 3.8) is 0 Å². The number of nitrogens with one attached hydrogen (secondary N) is 1. The lowest BCUT2D eigenvalue weighted by atomic mass is 10.1. The van der Waals surface area contributed by atoms with Gasteiger partial charge in [0.05, 0.1) is 15.6 Å². The normalized spacial score (nSPS) is 12.0. The van der Waals surface area contributed by atoms with Crippen LogP contribution in [-0.4, -0.2) is 44.8 Å². The van der Waals surface area contributed by atoms with Gasteiger partial charge in [-0.15, -0.1) is 0 Å². The third kappa shape index (κ3) is 6.37. The molecule has 1 N–H and O–H groups in total. The van der Waals surface area contributed by atoms with Gasteiger partial charge in [-0.05, 0) is 49.7 Å². The van der Waals surface area contributed by atoms with E-state index in [1.54, 1.807) is 25.1 Å². The number of nitrogens with zero attached hydrogens (tertiary/aromatic N) is 2. The minimum absolute atomic E-state index is 0.0155. The van der Waals surface area contributed by atoms with Gasteiger partial charge in [-0.1, -0.05) is 71.2 Å². The molecule has 190 valence electrons. The number of carbonyl (C=O) groups is 2. The highest BCUT2D eigenvalue weighted by atomic mass is 35.5. The molecule has 0 fully saturated rings. The molecule has 36 heavy (non-hydrogen) atoms. The summed E-state index contributed by atoms with van der Waals surface area (Å²) >= 11 is 12.5. The Morgan fingerprint density at radius 2 is 1.61 bits per heavy atom. The molecule has 3 aromatic rings. The van der Waals surface area contributed by atoms with Crippen LogP contribution in [0.5, 0.6) is 0 Å². The number of likely N-dealkylation sites (N-methyl/N-ethyl adjacent to an activating group) is 1. The van der Waals surface area contributed by atoms with Crippen LogP contribution in [0.2, 0.25) is 10.0 Å². The number of carbonyl (C=O) groups excluding carboxylic acids is 2. The lowest BCUT2D eigenvalue weighted by molar-refractivity contribution is -0.139. The van der Waals surface area contributed by atoms with Crippen LogP contribution in [0.3, 0.4) is 0 Å². The van der Waals surface area contributed by atoms with Crippen molar-refractivity contribution in [2.24, 2.45) is 0 Å². The van der Waals surface area contributed by atoms with Crippen molar-refractivity contribution in [1.82, 2.24) is 10.2 Å². The molecule has 0 radical (unpaired) electrons. The van der Waals surface area contributed by atoms with E-state index in [0.717, 1.165) is 15.4 Å². The highest BCUT2D eigenvalue weighted by Gasteiger charge is 2.33. The zero-order valence-corrected chi connectivity index (χ0v) is 22.4. The highest BCUT2D eigenvalue weighted by Crippen LogP contribution is 2.33. The van der Waals surface area contributed by atoms with Crippen molar-refractivity contribution in [2.45, 2.75) is 31.3 Å². The van der Waals surface area contributed by atoms with Crippen molar-refractivity contribution < 1.29 is 18.0 Å². The number of anilines is 1. The molecule has 0 spiro atoms. The van der Waals surface area contributed by atoms with Gasteiger partial charge in [0.15, 0.2) is 0 Å². The Hall–Kier alpha value is -3.07. The predicted octanol–water partition coefficient (Wildman–Crippen LogP) is 4.66. The van der Waals surface area contributed by atoms with Gasteiger partial charge in [0.25, 0.3) is 10.0 Å². The minimum atomic E-state index is -4.21. The van der Waals surface area contributed by atoms with Gasteiger partial charge in [0.2, 0.25) is 11.8 Å². The van der Waals surface area contributed by atoms with Crippen LogP contribution in [0.1, 0.15) is 18.1 Å². The van der Waals surface area contributed by atoms with Gasteiger partial charge in [-0.2, -0.15) is 0 Å². The molecule has 0 heterocycles. The largest absolute Gasteiger partial charge is 0.357 e. The molecule has 0 bridgehead atoms. The van der Waals surface area contributed by atoms with Crippen LogP contribution < -0.4 is 9.62 Å². The Morgan fingerprint density at radius 3 is 2.22 bits per heavy atom. The zero-order valence-electron chi connectivity index (χ0n) is 20.1. The Kier molecular flexibility index (Phi) is 9.00. The molecule has 0 saturated carbocycles. The minimum Gasteiger partial charge on any atom is -0.357 e. The quantitative estimate of drug-likeness (QED) is 0.422. The molecule has 7 nitrogen and oxygen atoms in total. The van der Waals surface area contributed by atoms with Crippen molar-refractivity contribution in [3.05, 3.63) is 94.0 Å². The van der Waals surface area contributed by atoms with E-state index in [-0.39, 0.29) is 33.1 Å². The number of aryl methyl sites for hydroxylation is 1. The maximum atomic E-state index is 13.7. The first-order chi connectivity index (χ1) is 17.0. The summed E-state index contributed by atoms with van der Waals surface area (Å²) < 4.78 is 28.3. The number of benzene rings is 3. The molecule has 2 amide bonds. The molecule has 3 rings (SSSR count). The predicted molar refractivity (Wildman–Crippen MR) is 143 cm³/mol. The Labute approximate surface area is 221 Å². The summed E-state index contributed by atoms with van der Waals surface area (Å²) in [6.07, 6.45) is 0. The van der Waals surface area contributed by atoms with Crippen LogP contribution >= 0.6 is 23.2 Å². The molecule has 0 aliphatic carbocycles. The van der Waals surface area contributed by atoms with E-state index in [1.165, 1.54) is 42.3 Å². The Balaban J connectivity index is 2.06. The van der Waals surface area contributed by atoms with Crippen LogP contribution in [0.4, 0.5) is 5.69 Å². The van der Waals surface area contributed by atoms with Crippen LogP contribution in [0, 0.1) is 6.92 Å². The van der Waals surface area contributed by atoms with E-state index in [1.807, 2.05) is 31.2 Å². The smallest absolute Gasteiger partial charge is 0.264 e. The van der Waals surface area contributed by atoms with Crippen LogP contribution in [0.25, 0.3) is 0 Å². The van der Waals surface area contributed by atoms with E-state index < -0.39 is 28.5 Å². The fourth-order valence-corrected chi connectivity index (χ4v) is 5.47. The second-order valence-electron chi connectivity index (χ2n) is 8.22. The molecule has 0 unspecified atom stereocenters. The molecule has 0 aliphatic heterocycles. The highest BCUT2D eigenvalue weighted by molar-refractivity contribution is 7.92. The third-order valence-electron chi connectivity index (χ3n) is 5.67. The fourth-order valence-electron chi connectivity index (χ4n) is 3.59. The van der Waals surface area contributed by atoms with E-state index in [2.05, 4.69) is 5.32 Å². The summed E-state index contributed by atoms with van der Waals surface area (Å²) in [5.41, 5.74) is 1.90. The summed E-state index contributed by atoms with van der Waals surface area (Å²) in [4.78, 5) is 27.5. The van der Waals surface area contributed by atoms with Gasteiger partial charge >= 0.3 is 0 Å². The third-order valence-corrected chi connectivity index (χ3v) is 8.00. The number of halogens is 2. The van der Waals surface area contributed by atoms with E-state index in [9.17, 15) is 18.0 Å². The summed E-state index contributed by atoms with van der Waals surface area (Å²) in [5, 5.41) is 2.91. The van der Waals surface area contributed by atoms with E-state index in [4.69, 9.17) is 23.2 Å². The SMILES string of the molecule is CNC(=O)[C@H](C)N(Cc1ccc(C)cc1)C(=O)CN(c1cc(Cl)ccc1Cl)S(=O)(=O)c1ccccc1. The van der Waals surface area contributed by atoms with Gasteiger partial charge < -0.3 is 10.2 Å². The maximum absolute atomic E-state index is 13.7. The molecular weight excluding hydrogens is 521 g/mol. The lowest BCUT2D eigenvalue weighted by Crippen LogP contribution is -2.50. The summed E-state index contributed by atoms with van der Waals surface area (Å²) in [6.45, 7) is 3.05.